The first-order valence-corrected chi connectivity index (χ1v) is 7.04. The van der Waals surface area contributed by atoms with Crippen LogP contribution in [0.1, 0.15) is 16.6 Å². The van der Waals surface area contributed by atoms with Crippen LogP contribution >= 0.6 is 22.9 Å². The number of ether oxygens (including phenoxy) is 1. The molecule has 6 heteroatoms. The number of aromatic nitrogens is 1. The number of halogens is 2. The second kappa shape index (κ2) is 6.96. The van der Waals surface area contributed by atoms with Crippen molar-refractivity contribution in [2.75, 3.05) is 20.3 Å². The molecule has 1 atom stereocenters. The molecule has 2 aromatic rings. The molecule has 2 rings (SSSR count). The topological polar surface area (TPSA) is 34.1 Å². The van der Waals surface area contributed by atoms with Crippen molar-refractivity contribution >= 4 is 22.9 Å². The first-order chi connectivity index (χ1) is 9.20. The van der Waals surface area contributed by atoms with E-state index >= 15 is 0 Å². The van der Waals surface area contributed by atoms with Gasteiger partial charge in [-0.3, -0.25) is 0 Å². The van der Waals surface area contributed by atoms with Gasteiger partial charge in [0.25, 0.3) is 0 Å². The summed E-state index contributed by atoms with van der Waals surface area (Å²) < 4.78 is 18.5. The van der Waals surface area contributed by atoms with Crippen molar-refractivity contribution < 1.29 is 9.13 Å². The molecule has 1 aromatic carbocycles. The van der Waals surface area contributed by atoms with Crippen LogP contribution in [0.3, 0.4) is 0 Å². The van der Waals surface area contributed by atoms with Gasteiger partial charge in [0.2, 0.25) is 0 Å². The van der Waals surface area contributed by atoms with Crippen LogP contribution in [-0.2, 0) is 4.74 Å². The molecule has 1 unspecified atom stereocenters. The van der Waals surface area contributed by atoms with E-state index in [4.69, 9.17) is 16.3 Å². The molecule has 0 radical (unpaired) electrons. The molecule has 19 heavy (non-hydrogen) atoms. The third-order valence-corrected chi connectivity index (χ3v) is 3.63. The third kappa shape index (κ3) is 3.98. The number of rotatable bonds is 6. The van der Waals surface area contributed by atoms with Gasteiger partial charge in [-0.05, 0) is 23.8 Å². The standard InChI is InChI=1S/C13H14ClFN2OS/c1-18-4-2-16-12(13-17-3-5-19-13)9-6-10(14)8-11(15)7-9/h3,5-8,12,16H,2,4H2,1H3. The Kier molecular flexibility index (Phi) is 5.27. The molecule has 1 heterocycles. The van der Waals surface area contributed by atoms with E-state index in [1.165, 1.54) is 23.5 Å². The summed E-state index contributed by atoms with van der Waals surface area (Å²) in [5, 5.41) is 6.43. The fourth-order valence-electron chi connectivity index (χ4n) is 1.77. The molecule has 0 aliphatic rings. The second-order valence-corrected chi connectivity index (χ2v) is 5.32. The lowest BCUT2D eigenvalue weighted by Crippen LogP contribution is -2.26. The largest absolute Gasteiger partial charge is 0.383 e. The van der Waals surface area contributed by atoms with E-state index in [0.717, 1.165) is 10.6 Å². The highest BCUT2D eigenvalue weighted by molar-refractivity contribution is 7.09. The number of methoxy groups -OCH3 is 1. The summed E-state index contributed by atoms with van der Waals surface area (Å²) in [4.78, 5) is 4.28. The number of nitrogens with one attached hydrogen (secondary N) is 1. The van der Waals surface area contributed by atoms with Crippen molar-refractivity contribution in [2.45, 2.75) is 6.04 Å². The van der Waals surface area contributed by atoms with Crippen molar-refractivity contribution in [1.82, 2.24) is 10.3 Å². The van der Waals surface area contributed by atoms with Gasteiger partial charge in [-0.1, -0.05) is 11.6 Å². The van der Waals surface area contributed by atoms with E-state index in [1.807, 2.05) is 5.38 Å². The van der Waals surface area contributed by atoms with E-state index in [9.17, 15) is 4.39 Å². The average molecular weight is 301 g/mol. The lowest BCUT2D eigenvalue weighted by Gasteiger charge is -2.17. The van der Waals surface area contributed by atoms with Crippen LogP contribution in [0.15, 0.2) is 29.8 Å². The third-order valence-electron chi connectivity index (χ3n) is 2.57. The Balaban J connectivity index is 2.25. The summed E-state index contributed by atoms with van der Waals surface area (Å²) in [6.07, 6.45) is 1.73. The Morgan fingerprint density at radius 2 is 2.32 bits per heavy atom. The van der Waals surface area contributed by atoms with E-state index in [-0.39, 0.29) is 11.9 Å². The highest BCUT2D eigenvalue weighted by Gasteiger charge is 2.17. The predicted octanol–water partition coefficient (Wildman–Crippen LogP) is 3.26. The number of nitrogens with zero attached hydrogens (tertiary/aromatic N) is 1. The fourth-order valence-corrected chi connectivity index (χ4v) is 2.74. The molecule has 3 nitrogen and oxygen atoms in total. The molecule has 102 valence electrons. The minimum Gasteiger partial charge on any atom is -0.383 e. The molecule has 1 aromatic heterocycles. The Labute approximate surface area is 120 Å². The molecule has 0 saturated heterocycles. The molecular formula is C13H14ClFN2OS. The van der Waals surface area contributed by atoms with Crippen LogP contribution in [0.5, 0.6) is 0 Å². The zero-order chi connectivity index (χ0) is 13.7. The van der Waals surface area contributed by atoms with Gasteiger partial charge in [0.1, 0.15) is 10.8 Å². The summed E-state index contributed by atoms with van der Waals surface area (Å²) in [6.45, 7) is 1.22. The number of hydrogen-bond donors (Lipinski definition) is 1. The highest BCUT2D eigenvalue weighted by Crippen LogP contribution is 2.26. The Bertz CT molecular complexity index is 501. The SMILES string of the molecule is COCCNC(c1cc(F)cc(Cl)c1)c1nccs1. The molecule has 0 saturated carbocycles. The molecule has 0 aliphatic heterocycles. The second-order valence-electron chi connectivity index (χ2n) is 3.95. The normalized spacial score (nSPS) is 12.6. The molecule has 1 N–H and O–H groups in total. The maximum absolute atomic E-state index is 13.5. The highest BCUT2D eigenvalue weighted by atomic mass is 35.5. The van der Waals surface area contributed by atoms with Crippen LogP contribution in [-0.4, -0.2) is 25.2 Å². The van der Waals surface area contributed by atoms with E-state index in [2.05, 4.69) is 10.3 Å². The van der Waals surface area contributed by atoms with E-state index in [1.54, 1.807) is 19.4 Å². The van der Waals surface area contributed by atoms with Gasteiger partial charge < -0.3 is 10.1 Å². The fraction of sp³-hybridized carbons (Fsp3) is 0.308. The van der Waals surface area contributed by atoms with Crippen molar-refractivity contribution in [2.24, 2.45) is 0 Å². The maximum Gasteiger partial charge on any atom is 0.125 e. The van der Waals surface area contributed by atoms with Gasteiger partial charge in [0, 0.05) is 30.3 Å². The zero-order valence-electron chi connectivity index (χ0n) is 10.4. The summed E-state index contributed by atoms with van der Waals surface area (Å²) >= 11 is 7.42. The lowest BCUT2D eigenvalue weighted by atomic mass is 10.1. The van der Waals surface area contributed by atoms with Gasteiger partial charge in [-0.25, -0.2) is 9.37 Å². The smallest absolute Gasteiger partial charge is 0.125 e. The van der Waals surface area contributed by atoms with Crippen LogP contribution in [0.2, 0.25) is 5.02 Å². The van der Waals surface area contributed by atoms with E-state index in [0.29, 0.717) is 18.2 Å². The minimum atomic E-state index is -0.349. The number of hydrogen-bond acceptors (Lipinski definition) is 4. The monoisotopic (exact) mass is 300 g/mol. The number of thiazole rings is 1. The predicted molar refractivity (Wildman–Crippen MR) is 75.2 cm³/mol. The van der Waals surface area contributed by atoms with Gasteiger partial charge in [-0.15, -0.1) is 11.3 Å². The molecule has 0 spiro atoms. The summed E-state index contributed by atoms with van der Waals surface area (Å²) in [5.74, 6) is -0.349. The van der Waals surface area contributed by atoms with Crippen molar-refractivity contribution in [3.8, 4) is 0 Å². The summed E-state index contributed by atoms with van der Waals surface area (Å²) in [5.41, 5.74) is 0.760. The maximum atomic E-state index is 13.5. The first-order valence-electron chi connectivity index (χ1n) is 5.78. The molecular weight excluding hydrogens is 287 g/mol. The van der Waals surface area contributed by atoms with Crippen molar-refractivity contribution in [1.29, 1.82) is 0 Å². The van der Waals surface area contributed by atoms with Crippen molar-refractivity contribution in [3.63, 3.8) is 0 Å². The van der Waals surface area contributed by atoms with Gasteiger partial charge in [-0.2, -0.15) is 0 Å². The van der Waals surface area contributed by atoms with Crippen LogP contribution in [0, 0.1) is 5.82 Å². The Hall–Kier alpha value is -1.01. The Morgan fingerprint density at radius 1 is 1.47 bits per heavy atom. The van der Waals surface area contributed by atoms with Gasteiger partial charge in [0.05, 0.1) is 12.6 Å². The van der Waals surface area contributed by atoms with Crippen molar-refractivity contribution in [3.05, 3.63) is 51.2 Å². The number of benzene rings is 1. The lowest BCUT2D eigenvalue weighted by molar-refractivity contribution is 0.197. The Morgan fingerprint density at radius 3 is 2.95 bits per heavy atom. The minimum absolute atomic E-state index is 0.177. The summed E-state index contributed by atoms with van der Waals surface area (Å²) in [7, 11) is 1.64. The molecule has 0 bridgehead atoms. The van der Waals surface area contributed by atoms with Crippen LogP contribution < -0.4 is 5.32 Å². The van der Waals surface area contributed by atoms with Gasteiger partial charge >= 0.3 is 0 Å². The average Bonchev–Trinajstić information content (AvgIpc) is 2.87. The zero-order valence-corrected chi connectivity index (χ0v) is 12.0. The van der Waals surface area contributed by atoms with Crippen LogP contribution in [0.25, 0.3) is 0 Å². The van der Waals surface area contributed by atoms with E-state index < -0.39 is 0 Å². The molecule has 0 amide bonds. The summed E-state index contributed by atoms with van der Waals surface area (Å²) in [6, 6.07) is 4.33. The quantitative estimate of drug-likeness (QED) is 0.832. The molecule has 0 fully saturated rings. The van der Waals surface area contributed by atoms with Crippen LogP contribution in [0.4, 0.5) is 4.39 Å². The van der Waals surface area contributed by atoms with Gasteiger partial charge in [0.15, 0.2) is 0 Å². The first kappa shape index (κ1) is 14.4. The molecule has 0 aliphatic carbocycles.